The van der Waals surface area contributed by atoms with E-state index in [1.165, 1.54) is 0 Å². The summed E-state index contributed by atoms with van der Waals surface area (Å²) in [6.45, 7) is 1.86. The number of hydrogen-bond acceptors (Lipinski definition) is 3. The van der Waals surface area contributed by atoms with Crippen LogP contribution in [0.5, 0.6) is 0 Å². The van der Waals surface area contributed by atoms with Gasteiger partial charge in [0.2, 0.25) is 0 Å². The fourth-order valence-corrected chi connectivity index (χ4v) is 2.34. The number of rotatable bonds is 2. The fraction of sp³-hybridized carbons (Fsp3) is 0.0625. The molecule has 0 aliphatic rings. The minimum Gasteiger partial charge on any atom is -0.478 e. The zero-order chi connectivity index (χ0) is 15.0. The van der Waals surface area contributed by atoms with Gasteiger partial charge in [0.1, 0.15) is 5.82 Å². The van der Waals surface area contributed by atoms with Gasteiger partial charge in [-0.1, -0.05) is 0 Å². The molecular weight excluding hydrogens is 266 g/mol. The normalized spacial score (nSPS) is 10.5. The third-order valence-corrected chi connectivity index (χ3v) is 3.32. The molecule has 0 aliphatic carbocycles. The number of benzene rings is 2. The van der Waals surface area contributed by atoms with Crippen molar-refractivity contribution in [2.75, 3.05) is 0 Å². The highest BCUT2D eigenvalue weighted by atomic mass is 16.4. The molecule has 0 aliphatic heterocycles. The molecule has 1 N–H and O–H groups in total. The average molecular weight is 277 g/mol. The molecule has 5 heteroatoms. The molecule has 2 aromatic carbocycles. The third kappa shape index (κ3) is 2.13. The van der Waals surface area contributed by atoms with Crippen molar-refractivity contribution in [3.8, 4) is 11.8 Å². The Balaban J connectivity index is 2.20. The second-order valence-electron chi connectivity index (χ2n) is 4.66. The van der Waals surface area contributed by atoms with Gasteiger partial charge in [0.25, 0.3) is 0 Å². The monoisotopic (exact) mass is 277 g/mol. The number of hydrogen-bond donors (Lipinski definition) is 1. The lowest BCUT2D eigenvalue weighted by molar-refractivity contribution is 0.0697. The molecule has 0 saturated heterocycles. The highest BCUT2D eigenvalue weighted by Gasteiger charge is 2.12. The van der Waals surface area contributed by atoms with Crippen molar-refractivity contribution in [3.05, 3.63) is 59.4 Å². The van der Waals surface area contributed by atoms with Crippen LogP contribution in [0.3, 0.4) is 0 Å². The maximum absolute atomic E-state index is 11.0. The molecule has 3 rings (SSSR count). The van der Waals surface area contributed by atoms with Gasteiger partial charge in [-0.05, 0) is 49.4 Å². The minimum absolute atomic E-state index is 0.215. The van der Waals surface area contributed by atoms with E-state index in [0.717, 1.165) is 17.0 Å². The molecule has 5 nitrogen and oxygen atoms in total. The number of aromatic nitrogens is 2. The van der Waals surface area contributed by atoms with Crippen LogP contribution < -0.4 is 0 Å². The van der Waals surface area contributed by atoms with E-state index in [-0.39, 0.29) is 5.56 Å². The second-order valence-corrected chi connectivity index (χ2v) is 4.66. The first-order chi connectivity index (χ1) is 10.1. The van der Waals surface area contributed by atoms with E-state index < -0.39 is 5.97 Å². The Labute approximate surface area is 120 Å². The average Bonchev–Trinajstić information content (AvgIpc) is 2.82. The second kappa shape index (κ2) is 4.76. The van der Waals surface area contributed by atoms with Crippen molar-refractivity contribution in [1.82, 2.24) is 9.55 Å². The summed E-state index contributed by atoms with van der Waals surface area (Å²) in [4.78, 5) is 15.4. The summed E-state index contributed by atoms with van der Waals surface area (Å²) in [5, 5.41) is 17.9. The molecule has 1 heterocycles. The zero-order valence-corrected chi connectivity index (χ0v) is 11.2. The van der Waals surface area contributed by atoms with Crippen LogP contribution in [0.4, 0.5) is 0 Å². The number of carboxylic acid groups (broad SMARTS) is 1. The molecule has 0 bridgehead atoms. The Kier molecular flexibility index (Phi) is 2.92. The first kappa shape index (κ1) is 12.9. The number of nitriles is 1. The summed E-state index contributed by atoms with van der Waals surface area (Å²) in [5.74, 6) is -0.209. The minimum atomic E-state index is -0.970. The van der Waals surface area contributed by atoms with Crippen LogP contribution in [0.1, 0.15) is 21.7 Å². The number of imidazole rings is 1. The van der Waals surface area contributed by atoms with Gasteiger partial charge in [-0.25, -0.2) is 9.78 Å². The Morgan fingerprint density at radius 2 is 1.95 bits per heavy atom. The van der Waals surface area contributed by atoms with Gasteiger partial charge in [0.15, 0.2) is 0 Å². The fourth-order valence-electron chi connectivity index (χ4n) is 2.34. The number of aryl methyl sites for hydroxylation is 1. The van der Waals surface area contributed by atoms with Crippen molar-refractivity contribution in [3.63, 3.8) is 0 Å². The summed E-state index contributed by atoms with van der Waals surface area (Å²) < 4.78 is 1.93. The largest absolute Gasteiger partial charge is 0.478 e. The predicted octanol–water partition coefficient (Wildman–Crippen LogP) is 2.90. The van der Waals surface area contributed by atoms with Gasteiger partial charge in [-0.2, -0.15) is 5.26 Å². The standard InChI is InChI=1S/C16H11N3O2/c1-10-18-14-8-12(16(20)21)4-7-15(14)19(10)13-5-2-11(9-17)3-6-13/h2-8H,1H3,(H,20,21). The summed E-state index contributed by atoms with van der Waals surface area (Å²) >= 11 is 0. The molecular formula is C16H11N3O2. The lowest BCUT2D eigenvalue weighted by Gasteiger charge is -2.06. The molecule has 0 fully saturated rings. The van der Waals surface area contributed by atoms with E-state index >= 15 is 0 Å². The maximum atomic E-state index is 11.0. The number of carbonyl (C=O) groups is 1. The molecule has 0 unspecified atom stereocenters. The van der Waals surface area contributed by atoms with Crippen molar-refractivity contribution in [1.29, 1.82) is 5.26 Å². The number of carboxylic acids is 1. The number of nitrogens with zero attached hydrogens (tertiary/aromatic N) is 3. The lowest BCUT2D eigenvalue weighted by Crippen LogP contribution is -1.98. The third-order valence-electron chi connectivity index (χ3n) is 3.32. The highest BCUT2D eigenvalue weighted by Crippen LogP contribution is 2.22. The summed E-state index contributed by atoms with van der Waals surface area (Å²) in [7, 11) is 0. The quantitative estimate of drug-likeness (QED) is 0.781. The van der Waals surface area contributed by atoms with Gasteiger partial charge >= 0.3 is 5.97 Å². The van der Waals surface area contributed by atoms with E-state index in [1.54, 1.807) is 30.3 Å². The summed E-state index contributed by atoms with van der Waals surface area (Å²) in [6.07, 6.45) is 0. The van der Waals surface area contributed by atoms with Crippen LogP contribution in [0.2, 0.25) is 0 Å². The van der Waals surface area contributed by atoms with E-state index in [1.807, 2.05) is 23.6 Å². The zero-order valence-electron chi connectivity index (χ0n) is 11.2. The topological polar surface area (TPSA) is 78.9 Å². The van der Waals surface area contributed by atoms with Crippen LogP contribution >= 0.6 is 0 Å². The molecule has 0 spiro atoms. The van der Waals surface area contributed by atoms with Crippen LogP contribution in [0.25, 0.3) is 16.7 Å². The number of aromatic carboxylic acids is 1. The maximum Gasteiger partial charge on any atom is 0.335 e. The van der Waals surface area contributed by atoms with E-state index in [0.29, 0.717) is 11.1 Å². The highest BCUT2D eigenvalue weighted by molar-refractivity contribution is 5.92. The first-order valence-electron chi connectivity index (χ1n) is 6.33. The smallest absolute Gasteiger partial charge is 0.335 e. The molecule has 1 aromatic heterocycles. The Morgan fingerprint density at radius 1 is 1.24 bits per heavy atom. The number of fused-ring (bicyclic) bond motifs is 1. The molecule has 0 radical (unpaired) electrons. The van der Waals surface area contributed by atoms with Crippen molar-refractivity contribution < 1.29 is 9.90 Å². The Bertz CT molecular complexity index is 886. The Morgan fingerprint density at radius 3 is 2.57 bits per heavy atom. The SMILES string of the molecule is Cc1nc2cc(C(=O)O)ccc2n1-c1ccc(C#N)cc1. The van der Waals surface area contributed by atoms with Gasteiger partial charge in [0, 0.05) is 5.69 Å². The van der Waals surface area contributed by atoms with Crippen molar-refractivity contribution in [2.45, 2.75) is 6.92 Å². The molecule has 21 heavy (non-hydrogen) atoms. The van der Waals surface area contributed by atoms with Crippen LogP contribution in [-0.4, -0.2) is 20.6 Å². The molecule has 0 amide bonds. The van der Waals surface area contributed by atoms with Gasteiger partial charge in [0.05, 0.1) is 28.2 Å². The molecule has 102 valence electrons. The van der Waals surface area contributed by atoms with E-state index in [4.69, 9.17) is 10.4 Å². The molecule has 0 atom stereocenters. The lowest BCUT2D eigenvalue weighted by atomic mass is 10.2. The molecule has 0 saturated carbocycles. The first-order valence-corrected chi connectivity index (χ1v) is 6.33. The van der Waals surface area contributed by atoms with E-state index in [9.17, 15) is 4.79 Å². The Hall–Kier alpha value is -3.13. The van der Waals surface area contributed by atoms with Gasteiger partial charge in [-0.3, -0.25) is 4.57 Å². The van der Waals surface area contributed by atoms with Crippen LogP contribution in [0.15, 0.2) is 42.5 Å². The molecule has 3 aromatic rings. The predicted molar refractivity (Wildman–Crippen MR) is 77.5 cm³/mol. The van der Waals surface area contributed by atoms with E-state index in [2.05, 4.69) is 11.1 Å². The van der Waals surface area contributed by atoms with Crippen molar-refractivity contribution in [2.24, 2.45) is 0 Å². The summed E-state index contributed by atoms with van der Waals surface area (Å²) in [5.41, 5.74) is 3.16. The van der Waals surface area contributed by atoms with Crippen LogP contribution in [-0.2, 0) is 0 Å². The van der Waals surface area contributed by atoms with Crippen LogP contribution in [0, 0.1) is 18.3 Å². The van der Waals surface area contributed by atoms with Gasteiger partial charge in [-0.15, -0.1) is 0 Å². The van der Waals surface area contributed by atoms with Crippen molar-refractivity contribution >= 4 is 17.0 Å². The summed E-state index contributed by atoms with van der Waals surface area (Å²) in [6, 6.07) is 14.1. The van der Waals surface area contributed by atoms with Gasteiger partial charge < -0.3 is 5.11 Å².